The lowest BCUT2D eigenvalue weighted by Gasteiger charge is -2.34. The lowest BCUT2D eigenvalue weighted by molar-refractivity contribution is 0.0890. The second-order valence-electron chi connectivity index (χ2n) is 5.33. The summed E-state index contributed by atoms with van der Waals surface area (Å²) in [4.78, 5) is 12.2. The molecule has 0 unspecified atom stereocenters. The number of amides is 1. The Morgan fingerprint density at radius 1 is 1.28 bits per heavy atom. The number of carbonyl (C=O) groups excluding carboxylic acids is 1. The predicted octanol–water partition coefficient (Wildman–Crippen LogP) is 4.00. The molecule has 1 aromatic carbocycles. The Morgan fingerprint density at radius 2 is 2.00 bits per heavy atom. The Labute approximate surface area is 117 Å². The lowest BCUT2D eigenvalue weighted by atomic mass is 9.78. The third kappa shape index (κ3) is 2.94. The normalized spacial score (nSPS) is 27.8. The molecule has 0 radical (unpaired) electrons. The molecular weight excluding hydrogens is 290 g/mol. The summed E-state index contributed by atoms with van der Waals surface area (Å²) in [5.41, 5.74) is 0.725. The fourth-order valence-corrected chi connectivity index (χ4v) is 3.14. The maximum atomic E-state index is 12.2. The molecule has 18 heavy (non-hydrogen) atoms. The summed E-state index contributed by atoms with van der Waals surface area (Å²) >= 11 is 3.43. The second-order valence-corrected chi connectivity index (χ2v) is 6.18. The van der Waals surface area contributed by atoms with Crippen LogP contribution in [0.1, 0.15) is 43.5 Å². The van der Waals surface area contributed by atoms with Crippen molar-refractivity contribution in [2.45, 2.75) is 39.2 Å². The van der Waals surface area contributed by atoms with Gasteiger partial charge in [-0.3, -0.25) is 4.79 Å². The van der Waals surface area contributed by atoms with Crippen LogP contribution in [0.4, 0.5) is 0 Å². The number of hydrogen-bond donors (Lipinski definition) is 1. The second kappa shape index (κ2) is 5.87. The molecule has 0 saturated heterocycles. The molecule has 0 aromatic heterocycles. The van der Waals surface area contributed by atoms with E-state index in [-0.39, 0.29) is 5.91 Å². The predicted molar refractivity (Wildman–Crippen MR) is 77.6 cm³/mol. The minimum Gasteiger partial charge on any atom is -0.349 e. The zero-order valence-electron chi connectivity index (χ0n) is 10.9. The molecule has 3 atom stereocenters. The van der Waals surface area contributed by atoms with Gasteiger partial charge in [-0.1, -0.05) is 38.8 Å². The third-order valence-electron chi connectivity index (χ3n) is 4.14. The SMILES string of the molecule is C[C@H]1[C@@H](NC(=O)c2ccccc2Br)CCC[C@@H]1C. The molecule has 2 nitrogen and oxygen atoms in total. The molecule has 0 spiro atoms. The van der Waals surface area contributed by atoms with Gasteiger partial charge in [0.25, 0.3) is 5.91 Å². The molecule has 0 bridgehead atoms. The van der Waals surface area contributed by atoms with E-state index in [1.165, 1.54) is 12.8 Å². The molecule has 3 heteroatoms. The standard InChI is InChI=1S/C15H20BrNO/c1-10-6-5-9-14(11(10)2)17-15(18)12-7-3-4-8-13(12)16/h3-4,7-8,10-11,14H,5-6,9H2,1-2H3,(H,17,18)/t10-,11+,14-/m0/s1. The summed E-state index contributed by atoms with van der Waals surface area (Å²) in [7, 11) is 0. The van der Waals surface area contributed by atoms with Crippen molar-refractivity contribution in [3.8, 4) is 0 Å². The van der Waals surface area contributed by atoms with E-state index in [2.05, 4.69) is 35.1 Å². The summed E-state index contributed by atoms with van der Waals surface area (Å²) < 4.78 is 0.860. The van der Waals surface area contributed by atoms with Crippen LogP contribution in [-0.2, 0) is 0 Å². The maximum Gasteiger partial charge on any atom is 0.252 e. The van der Waals surface area contributed by atoms with Crippen molar-refractivity contribution in [1.82, 2.24) is 5.32 Å². The number of halogens is 1. The summed E-state index contributed by atoms with van der Waals surface area (Å²) in [5.74, 6) is 1.29. The molecule has 1 aliphatic carbocycles. The van der Waals surface area contributed by atoms with Gasteiger partial charge in [-0.25, -0.2) is 0 Å². The van der Waals surface area contributed by atoms with Gasteiger partial charge in [-0.15, -0.1) is 0 Å². The molecule has 1 N–H and O–H groups in total. The van der Waals surface area contributed by atoms with Crippen LogP contribution in [0, 0.1) is 11.8 Å². The molecule has 1 saturated carbocycles. The largest absolute Gasteiger partial charge is 0.349 e. The van der Waals surface area contributed by atoms with Crippen LogP contribution >= 0.6 is 15.9 Å². The minimum absolute atomic E-state index is 0.0356. The van der Waals surface area contributed by atoms with Crippen molar-refractivity contribution < 1.29 is 4.79 Å². The minimum atomic E-state index is 0.0356. The number of rotatable bonds is 2. The van der Waals surface area contributed by atoms with Gasteiger partial charge in [0.15, 0.2) is 0 Å². The fourth-order valence-electron chi connectivity index (χ4n) is 2.68. The molecule has 98 valence electrons. The highest BCUT2D eigenvalue weighted by molar-refractivity contribution is 9.10. The molecule has 1 aromatic rings. The van der Waals surface area contributed by atoms with Crippen molar-refractivity contribution >= 4 is 21.8 Å². The number of hydrogen-bond acceptors (Lipinski definition) is 1. The number of carbonyl (C=O) groups is 1. The highest BCUT2D eigenvalue weighted by Crippen LogP contribution is 2.29. The van der Waals surface area contributed by atoms with Crippen molar-refractivity contribution in [3.05, 3.63) is 34.3 Å². The Balaban J connectivity index is 2.05. The van der Waals surface area contributed by atoms with Crippen LogP contribution in [0.5, 0.6) is 0 Å². The average Bonchev–Trinajstić information content (AvgIpc) is 2.35. The quantitative estimate of drug-likeness (QED) is 0.879. The van der Waals surface area contributed by atoms with Crippen molar-refractivity contribution in [2.75, 3.05) is 0 Å². The Kier molecular flexibility index (Phi) is 4.44. The van der Waals surface area contributed by atoms with Gasteiger partial charge >= 0.3 is 0 Å². The molecule has 1 amide bonds. The van der Waals surface area contributed by atoms with Gasteiger partial charge in [-0.2, -0.15) is 0 Å². The summed E-state index contributed by atoms with van der Waals surface area (Å²) in [6, 6.07) is 7.89. The molecule has 2 rings (SSSR count). The van der Waals surface area contributed by atoms with Crippen LogP contribution in [0.3, 0.4) is 0 Å². The first-order valence-electron chi connectivity index (χ1n) is 6.65. The van der Waals surface area contributed by atoms with E-state index in [9.17, 15) is 4.79 Å². The number of benzene rings is 1. The van der Waals surface area contributed by atoms with E-state index in [1.54, 1.807) is 0 Å². The average molecular weight is 310 g/mol. The highest BCUT2D eigenvalue weighted by atomic mass is 79.9. The van der Waals surface area contributed by atoms with Crippen molar-refractivity contribution in [3.63, 3.8) is 0 Å². The molecule has 1 fully saturated rings. The van der Waals surface area contributed by atoms with Crippen molar-refractivity contribution in [2.24, 2.45) is 11.8 Å². The van der Waals surface area contributed by atoms with E-state index in [0.29, 0.717) is 17.9 Å². The van der Waals surface area contributed by atoms with E-state index in [0.717, 1.165) is 16.5 Å². The van der Waals surface area contributed by atoms with Gasteiger partial charge in [0.2, 0.25) is 0 Å². The van der Waals surface area contributed by atoms with Gasteiger partial charge in [-0.05, 0) is 46.3 Å². The summed E-state index contributed by atoms with van der Waals surface area (Å²) in [6.45, 7) is 4.52. The van der Waals surface area contributed by atoms with E-state index >= 15 is 0 Å². The Hall–Kier alpha value is -0.830. The highest BCUT2D eigenvalue weighted by Gasteiger charge is 2.28. The van der Waals surface area contributed by atoms with Crippen molar-refractivity contribution in [1.29, 1.82) is 0 Å². The third-order valence-corrected chi connectivity index (χ3v) is 4.83. The van der Waals surface area contributed by atoms with Gasteiger partial charge < -0.3 is 5.32 Å². The lowest BCUT2D eigenvalue weighted by Crippen LogP contribution is -2.43. The first-order valence-corrected chi connectivity index (χ1v) is 7.44. The molecule has 0 aliphatic heterocycles. The van der Waals surface area contributed by atoms with Gasteiger partial charge in [0.1, 0.15) is 0 Å². The summed E-state index contributed by atoms with van der Waals surface area (Å²) in [6.07, 6.45) is 3.59. The maximum absolute atomic E-state index is 12.2. The molecular formula is C15H20BrNO. The van der Waals surface area contributed by atoms with E-state index in [4.69, 9.17) is 0 Å². The first kappa shape index (κ1) is 13.6. The summed E-state index contributed by atoms with van der Waals surface area (Å²) in [5, 5.41) is 3.19. The van der Waals surface area contributed by atoms with Crippen LogP contribution in [-0.4, -0.2) is 11.9 Å². The topological polar surface area (TPSA) is 29.1 Å². The zero-order valence-corrected chi connectivity index (χ0v) is 12.5. The monoisotopic (exact) mass is 309 g/mol. The molecule has 0 heterocycles. The van der Waals surface area contributed by atoms with Crippen LogP contribution in [0.15, 0.2) is 28.7 Å². The van der Waals surface area contributed by atoms with Crippen LogP contribution < -0.4 is 5.32 Å². The van der Waals surface area contributed by atoms with E-state index in [1.807, 2.05) is 24.3 Å². The van der Waals surface area contributed by atoms with E-state index < -0.39 is 0 Å². The van der Waals surface area contributed by atoms with Gasteiger partial charge in [0, 0.05) is 10.5 Å². The Morgan fingerprint density at radius 3 is 2.72 bits per heavy atom. The zero-order chi connectivity index (χ0) is 13.1. The first-order chi connectivity index (χ1) is 8.59. The molecule has 1 aliphatic rings. The number of nitrogens with one attached hydrogen (secondary N) is 1. The Bertz CT molecular complexity index is 432. The smallest absolute Gasteiger partial charge is 0.252 e. The van der Waals surface area contributed by atoms with Gasteiger partial charge in [0.05, 0.1) is 5.56 Å². The van der Waals surface area contributed by atoms with Crippen LogP contribution in [0.2, 0.25) is 0 Å². The van der Waals surface area contributed by atoms with Crippen LogP contribution in [0.25, 0.3) is 0 Å². The fraction of sp³-hybridized carbons (Fsp3) is 0.533.